The smallest absolute Gasteiger partial charge is 0.344 e. The second-order valence-electron chi connectivity index (χ2n) is 6.41. The van der Waals surface area contributed by atoms with Crippen molar-refractivity contribution in [1.29, 1.82) is 0 Å². The van der Waals surface area contributed by atoms with Gasteiger partial charge in [-0.05, 0) is 61.7 Å². The first-order valence-electron chi connectivity index (χ1n) is 8.61. The second-order valence-corrected chi connectivity index (χ2v) is 8.08. The van der Waals surface area contributed by atoms with E-state index in [1.54, 1.807) is 29.2 Å². The van der Waals surface area contributed by atoms with Gasteiger partial charge in [0.1, 0.15) is 5.75 Å². The lowest BCUT2D eigenvalue weighted by atomic mass is 10.1. The number of carbonyl (C=O) groups is 2. The Bertz CT molecular complexity index is 1000. The molecule has 1 amide bonds. The van der Waals surface area contributed by atoms with Gasteiger partial charge < -0.3 is 9.84 Å². The van der Waals surface area contributed by atoms with Crippen molar-refractivity contribution in [3.63, 3.8) is 0 Å². The van der Waals surface area contributed by atoms with Crippen LogP contribution in [0.5, 0.6) is 5.75 Å². The van der Waals surface area contributed by atoms with Crippen molar-refractivity contribution in [1.82, 2.24) is 0 Å². The number of carbonyl (C=O) groups excluding carboxylic acids is 1. The molecule has 1 unspecified atom stereocenters. The molecule has 1 N–H and O–H groups in total. The molecule has 0 aromatic heterocycles. The third kappa shape index (κ3) is 4.10. The molecule has 0 saturated carbocycles. The van der Waals surface area contributed by atoms with Gasteiger partial charge in [-0.15, -0.1) is 0 Å². The van der Waals surface area contributed by atoms with Gasteiger partial charge in [-0.25, -0.2) is 4.79 Å². The van der Waals surface area contributed by atoms with Crippen molar-refractivity contribution in [2.45, 2.75) is 26.9 Å². The molecule has 1 aliphatic rings. The normalized spacial score (nSPS) is 16.5. The molecule has 0 radical (unpaired) electrons. The molecule has 1 saturated heterocycles. The van der Waals surface area contributed by atoms with Crippen molar-refractivity contribution in [2.24, 2.45) is 0 Å². The Morgan fingerprint density at radius 3 is 2.68 bits per heavy atom. The molecule has 0 aliphatic carbocycles. The van der Waals surface area contributed by atoms with Crippen molar-refractivity contribution >= 4 is 51.9 Å². The van der Waals surface area contributed by atoms with Crippen LogP contribution < -0.4 is 9.64 Å². The van der Waals surface area contributed by atoms with Gasteiger partial charge >= 0.3 is 5.97 Å². The van der Waals surface area contributed by atoms with Crippen LogP contribution in [0.15, 0.2) is 47.4 Å². The number of carboxylic acid groups (broad SMARTS) is 1. The number of carboxylic acids is 1. The van der Waals surface area contributed by atoms with Crippen LogP contribution in [0.25, 0.3) is 6.08 Å². The lowest BCUT2D eigenvalue weighted by Gasteiger charge is -2.18. The Morgan fingerprint density at radius 2 is 1.96 bits per heavy atom. The number of nitrogens with zero attached hydrogens (tertiary/aromatic N) is 1. The monoisotopic (exact) mass is 413 g/mol. The number of hydrogen-bond donors (Lipinski definition) is 1. The number of thioether (sulfide) groups is 1. The number of ether oxygens (including phenoxy) is 1. The van der Waals surface area contributed by atoms with Crippen LogP contribution in [-0.4, -0.2) is 27.4 Å². The summed E-state index contributed by atoms with van der Waals surface area (Å²) in [6.07, 6.45) is 0.778. The number of hydrogen-bond acceptors (Lipinski definition) is 5. The van der Waals surface area contributed by atoms with E-state index in [1.807, 2.05) is 38.1 Å². The standard InChI is InChI=1S/C21H19NO4S2/c1-12-6-4-9-17(13(12)2)22-19(23)18(28-21(22)27)11-15-7-5-8-16(10-15)26-14(3)20(24)25/h4-11,14H,1-3H3,(H,24,25)/b18-11+. The minimum absolute atomic E-state index is 0.172. The summed E-state index contributed by atoms with van der Waals surface area (Å²) >= 11 is 6.69. The molecular formula is C21H19NO4S2. The largest absolute Gasteiger partial charge is 0.479 e. The van der Waals surface area contributed by atoms with Gasteiger partial charge in [0.05, 0.1) is 10.6 Å². The number of aryl methyl sites for hydroxylation is 1. The maximum atomic E-state index is 13.0. The summed E-state index contributed by atoms with van der Waals surface area (Å²) < 4.78 is 5.87. The summed E-state index contributed by atoms with van der Waals surface area (Å²) in [5, 5.41) is 8.98. The van der Waals surface area contributed by atoms with E-state index < -0.39 is 12.1 Å². The number of benzene rings is 2. The zero-order chi connectivity index (χ0) is 20.4. The zero-order valence-corrected chi connectivity index (χ0v) is 17.3. The fourth-order valence-electron chi connectivity index (χ4n) is 2.74. The lowest BCUT2D eigenvalue weighted by molar-refractivity contribution is -0.144. The topological polar surface area (TPSA) is 66.8 Å². The molecule has 1 heterocycles. The third-order valence-electron chi connectivity index (χ3n) is 4.43. The molecule has 1 atom stereocenters. The molecule has 144 valence electrons. The van der Waals surface area contributed by atoms with Crippen LogP contribution in [0.1, 0.15) is 23.6 Å². The summed E-state index contributed by atoms with van der Waals surface area (Å²) in [5.41, 5.74) is 3.63. The first-order valence-corrected chi connectivity index (χ1v) is 9.84. The number of rotatable bonds is 5. The maximum Gasteiger partial charge on any atom is 0.344 e. The van der Waals surface area contributed by atoms with Crippen LogP contribution in [0, 0.1) is 13.8 Å². The number of anilines is 1. The van der Waals surface area contributed by atoms with Gasteiger partial charge in [0.25, 0.3) is 5.91 Å². The van der Waals surface area contributed by atoms with Gasteiger partial charge in [-0.2, -0.15) is 0 Å². The molecule has 5 nitrogen and oxygen atoms in total. The highest BCUT2D eigenvalue weighted by Gasteiger charge is 2.34. The Hall–Kier alpha value is -2.64. The Kier molecular flexibility index (Phi) is 5.86. The van der Waals surface area contributed by atoms with E-state index in [0.29, 0.717) is 15.0 Å². The van der Waals surface area contributed by atoms with Crippen LogP contribution >= 0.6 is 24.0 Å². The molecule has 3 rings (SSSR count). The highest BCUT2D eigenvalue weighted by molar-refractivity contribution is 8.27. The predicted molar refractivity (Wildman–Crippen MR) is 116 cm³/mol. The van der Waals surface area contributed by atoms with Gasteiger partial charge in [-0.3, -0.25) is 9.69 Å². The number of thiocarbonyl (C=S) groups is 1. The molecule has 0 bridgehead atoms. The SMILES string of the molecule is Cc1cccc(N2C(=O)/C(=C\c3cccc(OC(C)C(=O)O)c3)SC2=S)c1C. The van der Waals surface area contributed by atoms with Crippen LogP contribution in [0.4, 0.5) is 5.69 Å². The Balaban J connectivity index is 1.88. The molecule has 28 heavy (non-hydrogen) atoms. The molecule has 2 aromatic rings. The predicted octanol–water partition coefficient (Wildman–Crippen LogP) is 4.56. The van der Waals surface area contributed by atoms with Crippen molar-refractivity contribution in [3.8, 4) is 5.75 Å². The number of aliphatic carboxylic acids is 1. The minimum atomic E-state index is -1.04. The first-order chi connectivity index (χ1) is 13.3. The highest BCUT2D eigenvalue weighted by Crippen LogP contribution is 2.38. The van der Waals surface area contributed by atoms with Crippen molar-refractivity contribution in [2.75, 3.05) is 4.90 Å². The Morgan fingerprint density at radius 1 is 1.25 bits per heavy atom. The van der Waals surface area contributed by atoms with E-state index in [4.69, 9.17) is 22.1 Å². The van der Waals surface area contributed by atoms with Crippen LogP contribution in [-0.2, 0) is 9.59 Å². The molecule has 1 fully saturated rings. The van der Waals surface area contributed by atoms with Gasteiger partial charge in [0.15, 0.2) is 10.4 Å². The summed E-state index contributed by atoms with van der Waals surface area (Å²) in [7, 11) is 0. The lowest BCUT2D eigenvalue weighted by Crippen LogP contribution is -2.28. The number of amides is 1. The molecule has 7 heteroatoms. The fraction of sp³-hybridized carbons (Fsp3) is 0.190. The van der Waals surface area contributed by atoms with Crippen molar-refractivity contribution < 1.29 is 19.4 Å². The minimum Gasteiger partial charge on any atom is -0.479 e. The average molecular weight is 414 g/mol. The summed E-state index contributed by atoms with van der Waals surface area (Å²) in [4.78, 5) is 26.0. The molecule has 2 aromatic carbocycles. The Labute approximate surface area is 173 Å². The van der Waals surface area contributed by atoms with Crippen LogP contribution in [0.2, 0.25) is 0 Å². The summed E-state index contributed by atoms with van der Waals surface area (Å²) in [5.74, 6) is -0.789. The van der Waals surface area contributed by atoms with Gasteiger partial charge in [0.2, 0.25) is 0 Å². The first kappa shape index (κ1) is 20.1. The summed E-state index contributed by atoms with van der Waals surface area (Å²) in [6.45, 7) is 5.43. The van der Waals surface area contributed by atoms with E-state index in [-0.39, 0.29) is 5.91 Å². The molecule has 0 spiro atoms. The molecule has 1 aliphatic heterocycles. The van der Waals surface area contributed by atoms with Crippen LogP contribution in [0.3, 0.4) is 0 Å². The van der Waals surface area contributed by atoms with Crippen molar-refractivity contribution in [3.05, 3.63) is 64.1 Å². The van der Waals surface area contributed by atoms with E-state index >= 15 is 0 Å². The second kappa shape index (κ2) is 8.16. The van der Waals surface area contributed by atoms with Gasteiger partial charge in [0, 0.05) is 0 Å². The van der Waals surface area contributed by atoms with E-state index in [0.717, 1.165) is 22.4 Å². The summed E-state index contributed by atoms with van der Waals surface area (Å²) in [6, 6.07) is 12.7. The average Bonchev–Trinajstić information content (AvgIpc) is 2.91. The quantitative estimate of drug-likeness (QED) is 0.573. The molecular weight excluding hydrogens is 394 g/mol. The van der Waals surface area contributed by atoms with E-state index in [2.05, 4.69) is 0 Å². The highest BCUT2D eigenvalue weighted by atomic mass is 32.2. The third-order valence-corrected chi connectivity index (χ3v) is 5.73. The maximum absolute atomic E-state index is 13.0. The van der Waals surface area contributed by atoms with Gasteiger partial charge in [-0.1, -0.05) is 48.2 Å². The fourth-order valence-corrected chi connectivity index (χ4v) is 4.02. The zero-order valence-electron chi connectivity index (χ0n) is 15.6. The van der Waals surface area contributed by atoms with E-state index in [9.17, 15) is 9.59 Å². The van der Waals surface area contributed by atoms with E-state index in [1.165, 1.54) is 18.7 Å².